The van der Waals surface area contributed by atoms with Crippen LogP contribution in [0.3, 0.4) is 0 Å². The molecule has 1 aromatic heterocycles. The molecule has 19 heavy (non-hydrogen) atoms. The quantitative estimate of drug-likeness (QED) is 0.792. The highest BCUT2D eigenvalue weighted by atomic mass is 32.1. The second-order valence-corrected chi connectivity index (χ2v) is 7.14. The summed E-state index contributed by atoms with van der Waals surface area (Å²) in [6.45, 7) is 8.79. The van der Waals surface area contributed by atoms with Gasteiger partial charge in [-0.1, -0.05) is 6.92 Å². The minimum atomic E-state index is 0.945. The minimum Gasteiger partial charge on any atom is -0.348 e. The number of aromatic nitrogens is 1. The van der Waals surface area contributed by atoms with Crippen molar-refractivity contribution >= 4 is 16.5 Å². The number of thiazole rings is 1. The summed E-state index contributed by atoms with van der Waals surface area (Å²) in [7, 11) is 0. The van der Waals surface area contributed by atoms with E-state index in [2.05, 4.69) is 24.1 Å². The monoisotopic (exact) mass is 279 g/mol. The Morgan fingerprint density at radius 1 is 1.21 bits per heavy atom. The first kappa shape index (κ1) is 13.4. The fourth-order valence-electron chi connectivity index (χ4n) is 2.41. The molecule has 3 rings (SSSR count). The van der Waals surface area contributed by atoms with Gasteiger partial charge in [-0.3, -0.25) is 0 Å². The number of aryl methyl sites for hydroxylation is 1. The van der Waals surface area contributed by atoms with Gasteiger partial charge in [0.25, 0.3) is 0 Å². The number of nitrogens with one attached hydrogen (secondary N) is 1. The van der Waals surface area contributed by atoms with E-state index in [0.717, 1.165) is 24.9 Å². The van der Waals surface area contributed by atoms with Crippen molar-refractivity contribution in [3.63, 3.8) is 0 Å². The Labute approximate surface area is 120 Å². The van der Waals surface area contributed by atoms with Crippen molar-refractivity contribution in [2.45, 2.75) is 46.1 Å². The van der Waals surface area contributed by atoms with E-state index in [1.165, 1.54) is 54.5 Å². The summed E-state index contributed by atoms with van der Waals surface area (Å²) < 4.78 is 0. The van der Waals surface area contributed by atoms with Crippen LogP contribution in [-0.4, -0.2) is 24.6 Å². The summed E-state index contributed by atoms with van der Waals surface area (Å²) in [5, 5.41) is 4.68. The molecule has 4 heteroatoms. The molecular formula is C15H25N3S. The van der Waals surface area contributed by atoms with Gasteiger partial charge in [-0.05, 0) is 51.0 Å². The van der Waals surface area contributed by atoms with E-state index < -0.39 is 0 Å². The Bertz CT molecular complexity index is 407. The predicted molar refractivity (Wildman–Crippen MR) is 81.9 cm³/mol. The maximum absolute atomic E-state index is 4.83. The van der Waals surface area contributed by atoms with Gasteiger partial charge in [0.05, 0.1) is 5.69 Å². The van der Waals surface area contributed by atoms with Gasteiger partial charge in [0.15, 0.2) is 5.13 Å². The normalized spacial score (nSPS) is 18.8. The Hall–Kier alpha value is -0.610. The van der Waals surface area contributed by atoms with Crippen molar-refractivity contribution in [3.05, 3.63) is 10.6 Å². The third-order valence-electron chi connectivity index (χ3n) is 4.04. The summed E-state index contributed by atoms with van der Waals surface area (Å²) in [4.78, 5) is 8.81. The molecule has 1 aromatic rings. The molecule has 0 unspecified atom stereocenters. The smallest absolute Gasteiger partial charge is 0.185 e. The first-order valence-electron chi connectivity index (χ1n) is 7.68. The van der Waals surface area contributed by atoms with Crippen molar-refractivity contribution in [2.24, 2.45) is 11.8 Å². The van der Waals surface area contributed by atoms with E-state index in [1.54, 1.807) is 0 Å². The molecule has 0 atom stereocenters. The van der Waals surface area contributed by atoms with Gasteiger partial charge in [0.2, 0.25) is 0 Å². The van der Waals surface area contributed by atoms with Crippen LogP contribution in [0.5, 0.6) is 0 Å². The van der Waals surface area contributed by atoms with Gasteiger partial charge in [-0.2, -0.15) is 0 Å². The zero-order chi connectivity index (χ0) is 13.2. The molecule has 0 radical (unpaired) electrons. The lowest BCUT2D eigenvalue weighted by atomic mass is 10.3. The summed E-state index contributed by atoms with van der Waals surface area (Å²) in [5.41, 5.74) is 1.22. The van der Waals surface area contributed by atoms with Crippen molar-refractivity contribution in [1.82, 2.24) is 10.3 Å². The molecule has 0 spiro atoms. The van der Waals surface area contributed by atoms with Crippen LogP contribution in [0, 0.1) is 18.8 Å². The second kappa shape index (κ2) is 5.80. The van der Waals surface area contributed by atoms with E-state index in [9.17, 15) is 0 Å². The summed E-state index contributed by atoms with van der Waals surface area (Å²) in [6, 6.07) is 0. The van der Waals surface area contributed by atoms with Crippen molar-refractivity contribution in [3.8, 4) is 0 Å². The first-order valence-corrected chi connectivity index (χ1v) is 8.50. The third-order valence-corrected chi connectivity index (χ3v) is 5.26. The lowest BCUT2D eigenvalue weighted by molar-refractivity contribution is 0.677. The topological polar surface area (TPSA) is 28.2 Å². The van der Waals surface area contributed by atoms with Gasteiger partial charge in [0, 0.05) is 24.5 Å². The van der Waals surface area contributed by atoms with Crippen molar-refractivity contribution in [1.29, 1.82) is 0 Å². The van der Waals surface area contributed by atoms with Crippen LogP contribution in [0.15, 0.2) is 0 Å². The summed E-state index contributed by atoms with van der Waals surface area (Å²) >= 11 is 1.90. The van der Waals surface area contributed by atoms with Crippen LogP contribution < -0.4 is 10.2 Å². The summed E-state index contributed by atoms with van der Waals surface area (Å²) in [6.07, 6.45) is 5.71. The molecule has 2 aliphatic rings. The molecule has 2 fully saturated rings. The molecular weight excluding hydrogens is 254 g/mol. The number of anilines is 1. The lowest BCUT2D eigenvalue weighted by Crippen LogP contribution is -2.27. The maximum Gasteiger partial charge on any atom is 0.185 e. The van der Waals surface area contributed by atoms with Crippen LogP contribution in [0.25, 0.3) is 0 Å². The standard InChI is InChI=1S/C15H25N3S/c1-3-16-8-14-11(2)17-15(19-14)18(9-12-4-5-12)10-13-6-7-13/h12-13,16H,3-10H2,1-2H3. The molecule has 0 saturated heterocycles. The Kier molecular flexibility index (Phi) is 4.08. The van der Waals surface area contributed by atoms with E-state index in [4.69, 9.17) is 4.98 Å². The fraction of sp³-hybridized carbons (Fsp3) is 0.800. The number of nitrogens with zero attached hydrogens (tertiary/aromatic N) is 2. The SMILES string of the molecule is CCNCc1sc(N(CC2CC2)CC2CC2)nc1C. The molecule has 0 aromatic carbocycles. The fourth-order valence-corrected chi connectivity index (χ4v) is 3.45. The molecule has 0 aliphatic heterocycles. The highest BCUT2D eigenvalue weighted by molar-refractivity contribution is 7.15. The first-order chi connectivity index (χ1) is 9.26. The van der Waals surface area contributed by atoms with Crippen LogP contribution in [0.1, 0.15) is 43.2 Å². The highest BCUT2D eigenvalue weighted by Crippen LogP contribution is 2.37. The zero-order valence-electron chi connectivity index (χ0n) is 12.1. The number of rotatable bonds is 8. The second-order valence-electron chi connectivity index (χ2n) is 6.08. The molecule has 1 heterocycles. The summed E-state index contributed by atoms with van der Waals surface area (Å²) in [5.74, 6) is 1.89. The highest BCUT2D eigenvalue weighted by Gasteiger charge is 2.30. The molecule has 0 amide bonds. The van der Waals surface area contributed by atoms with Gasteiger partial charge in [-0.15, -0.1) is 11.3 Å². The molecule has 1 N–H and O–H groups in total. The minimum absolute atomic E-state index is 0.945. The number of hydrogen-bond donors (Lipinski definition) is 1. The third kappa shape index (κ3) is 3.69. The molecule has 3 nitrogen and oxygen atoms in total. The van der Waals surface area contributed by atoms with E-state index in [-0.39, 0.29) is 0 Å². The van der Waals surface area contributed by atoms with Crippen LogP contribution >= 0.6 is 11.3 Å². The maximum atomic E-state index is 4.83. The molecule has 2 aliphatic carbocycles. The van der Waals surface area contributed by atoms with Crippen molar-refractivity contribution in [2.75, 3.05) is 24.5 Å². The van der Waals surface area contributed by atoms with E-state index in [0.29, 0.717) is 0 Å². The number of hydrogen-bond acceptors (Lipinski definition) is 4. The van der Waals surface area contributed by atoms with Gasteiger partial charge in [-0.25, -0.2) is 4.98 Å². The predicted octanol–water partition coefficient (Wildman–Crippen LogP) is 3.19. The molecule has 106 valence electrons. The van der Waals surface area contributed by atoms with Gasteiger partial charge < -0.3 is 10.2 Å². The van der Waals surface area contributed by atoms with E-state index in [1.807, 2.05) is 11.3 Å². The molecule has 2 saturated carbocycles. The lowest BCUT2D eigenvalue weighted by Gasteiger charge is -2.21. The van der Waals surface area contributed by atoms with Gasteiger partial charge >= 0.3 is 0 Å². The van der Waals surface area contributed by atoms with Crippen LogP contribution in [-0.2, 0) is 6.54 Å². The molecule has 0 bridgehead atoms. The Balaban J connectivity index is 1.68. The van der Waals surface area contributed by atoms with Gasteiger partial charge in [0.1, 0.15) is 0 Å². The Morgan fingerprint density at radius 2 is 1.84 bits per heavy atom. The average Bonchev–Trinajstić information content (AvgIpc) is 3.29. The average molecular weight is 279 g/mol. The van der Waals surface area contributed by atoms with Crippen LogP contribution in [0.2, 0.25) is 0 Å². The Morgan fingerprint density at radius 3 is 2.37 bits per heavy atom. The van der Waals surface area contributed by atoms with Crippen molar-refractivity contribution < 1.29 is 0 Å². The van der Waals surface area contributed by atoms with E-state index >= 15 is 0 Å². The van der Waals surface area contributed by atoms with Crippen LogP contribution in [0.4, 0.5) is 5.13 Å². The zero-order valence-corrected chi connectivity index (χ0v) is 12.9. The largest absolute Gasteiger partial charge is 0.348 e.